The van der Waals surface area contributed by atoms with Crippen molar-refractivity contribution in [1.82, 2.24) is 9.55 Å². The van der Waals surface area contributed by atoms with Crippen LogP contribution in [0.25, 0.3) is 0 Å². The van der Waals surface area contributed by atoms with Crippen LogP contribution in [0.5, 0.6) is 5.75 Å². The summed E-state index contributed by atoms with van der Waals surface area (Å²) in [5.41, 5.74) is 0.689. The number of aromatic nitrogens is 2. The smallest absolute Gasteiger partial charge is 0.159 e. The molecule has 4 heteroatoms. The topological polar surface area (TPSA) is 44.1 Å². The maximum absolute atomic E-state index is 11.1. The average Bonchev–Trinajstić information content (AvgIpc) is 2.73. The number of imidazole rings is 1. The van der Waals surface area contributed by atoms with Gasteiger partial charge in [0, 0.05) is 25.0 Å². The lowest BCUT2D eigenvalue weighted by atomic mass is 10.1. The van der Waals surface area contributed by atoms with Gasteiger partial charge in [-0.15, -0.1) is 0 Å². The van der Waals surface area contributed by atoms with Crippen molar-refractivity contribution in [2.24, 2.45) is 7.05 Å². The van der Waals surface area contributed by atoms with E-state index >= 15 is 0 Å². The fraction of sp³-hybridized carbons (Fsp3) is 0.231. The molecule has 0 aliphatic carbocycles. The van der Waals surface area contributed by atoms with Gasteiger partial charge in [-0.1, -0.05) is 0 Å². The van der Waals surface area contributed by atoms with Gasteiger partial charge in [0.1, 0.15) is 18.2 Å². The molecule has 2 rings (SSSR count). The van der Waals surface area contributed by atoms with Crippen LogP contribution in [0.4, 0.5) is 0 Å². The molecular weight excluding hydrogens is 216 g/mol. The van der Waals surface area contributed by atoms with E-state index in [-0.39, 0.29) is 5.78 Å². The van der Waals surface area contributed by atoms with Gasteiger partial charge in [-0.05, 0) is 31.2 Å². The standard InChI is InChI=1S/C13H14N2O2/c1-10(16)11-3-5-12(6-4-11)17-9-13-14-7-8-15(13)2/h3-8H,9H2,1-2H3. The number of carbonyl (C=O) groups is 1. The van der Waals surface area contributed by atoms with Crippen LogP contribution < -0.4 is 4.74 Å². The molecule has 0 saturated carbocycles. The summed E-state index contributed by atoms with van der Waals surface area (Å²) in [7, 11) is 1.92. The summed E-state index contributed by atoms with van der Waals surface area (Å²) in [5, 5.41) is 0. The van der Waals surface area contributed by atoms with E-state index in [4.69, 9.17) is 4.74 Å². The van der Waals surface area contributed by atoms with Gasteiger partial charge in [0.05, 0.1) is 0 Å². The molecule has 0 spiro atoms. The van der Waals surface area contributed by atoms with Crippen LogP contribution >= 0.6 is 0 Å². The molecule has 1 aromatic heterocycles. The van der Waals surface area contributed by atoms with E-state index in [0.717, 1.165) is 11.6 Å². The molecule has 2 aromatic rings. The molecule has 0 unspecified atom stereocenters. The Balaban J connectivity index is 2.00. The fourth-order valence-corrected chi connectivity index (χ4v) is 1.47. The van der Waals surface area contributed by atoms with Crippen LogP contribution in [-0.4, -0.2) is 15.3 Å². The van der Waals surface area contributed by atoms with Gasteiger partial charge in [-0.25, -0.2) is 4.98 Å². The Hall–Kier alpha value is -2.10. The highest BCUT2D eigenvalue weighted by molar-refractivity contribution is 5.94. The van der Waals surface area contributed by atoms with Gasteiger partial charge in [-0.2, -0.15) is 0 Å². The summed E-state index contributed by atoms with van der Waals surface area (Å²) in [6.45, 7) is 1.96. The summed E-state index contributed by atoms with van der Waals surface area (Å²) in [5.74, 6) is 1.65. The predicted molar refractivity (Wildman–Crippen MR) is 64.0 cm³/mol. The van der Waals surface area contributed by atoms with Crippen molar-refractivity contribution in [3.63, 3.8) is 0 Å². The largest absolute Gasteiger partial charge is 0.486 e. The van der Waals surface area contributed by atoms with Crippen LogP contribution in [0.3, 0.4) is 0 Å². The molecule has 0 amide bonds. The number of rotatable bonds is 4. The van der Waals surface area contributed by atoms with Crippen molar-refractivity contribution in [3.05, 3.63) is 48.0 Å². The van der Waals surface area contributed by atoms with E-state index in [1.807, 2.05) is 17.8 Å². The highest BCUT2D eigenvalue weighted by Gasteiger charge is 2.02. The number of ether oxygens (including phenoxy) is 1. The van der Waals surface area contributed by atoms with Crippen molar-refractivity contribution in [1.29, 1.82) is 0 Å². The molecular formula is C13H14N2O2. The number of hydrogen-bond donors (Lipinski definition) is 0. The second-order valence-corrected chi connectivity index (χ2v) is 3.82. The number of Topliss-reactive ketones (excluding diaryl/α,β-unsaturated/α-hetero) is 1. The van der Waals surface area contributed by atoms with Crippen molar-refractivity contribution < 1.29 is 9.53 Å². The van der Waals surface area contributed by atoms with Crippen molar-refractivity contribution in [3.8, 4) is 5.75 Å². The highest BCUT2D eigenvalue weighted by atomic mass is 16.5. The molecule has 0 bridgehead atoms. The molecule has 0 aliphatic heterocycles. The number of ketones is 1. The minimum absolute atomic E-state index is 0.0562. The maximum Gasteiger partial charge on any atom is 0.159 e. The van der Waals surface area contributed by atoms with Gasteiger partial charge >= 0.3 is 0 Å². The highest BCUT2D eigenvalue weighted by Crippen LogP contribution is 2.13. The second-order valence-electron chi connectivity index (χ2n) is 3.82. The second kappa shape index (κ2) is 4.82. The third-order valence-corrected chi connectivity index (χ3v) is 2.55. The van der Waals surface area contributed by atoms with Crippen LogP contribution in [0.2, 0.25) is 0 Å². The Kier molecular flexibility index (Phi) is 3.23. The third-order valence-electron chi connectivity index (χ3n) is 2.55. The summed E-state index contributed by atoms with van der Waals surface area (Å²) in [6, 6.07) is 7.10. The fourth-order valence-electron chi connectivity index (χ4n) is 1.47. The molecule has 0 radical (unpaired) electrons. The Bertz CT molecular complexity index is 514. The zero-order chi connectivity index (χ0) is 12.3. The number of nitrogens with zero attached hydrogens (tertiary/aromatic N) is 2. The average molecular weight is 230 g/mol. The summed E-state index contributed by atoms with van der Waals surface area (Å²) in [6.07, 6.45) is 3.61. The molecule has 88 valence electrons. The van der Waals surface area contributed by atoms with Crippen molar-refractivity contribution >= 4 is 5.78 Å². The number of aryl methyl sites for hydroxylation is 1. The lowest BCUT2D eigenvalue weighted by Gasteiger charge is -2.06. The Morgan fingerprint density at radius 2 is 2.06 bits per heavy atom. The maximum atomic E-state index is 11.1. The minimum Gasteiger partial charge on any atom is -0.486 e. The van der Waals surface area contributed by atoms with Crippen LogP contribution in [-0.2, 0) is 13.7 Å². The first-order chi connectivity index (χ1) is 8.16. The van der Waals surface area contributed by atoms with E-state index < -0.39 is 0 Å². The zero-order valence-electron chi connectivity index (χ0n) is 9.88. The van der Waals surface area contributed by atoms with E-state index in [9.17, 15) is 4.79 Å². The van der Waals surface area contributed by atoms with Gasteiger partial charge in [-0.3, -0.25) is 4.79 Å². The van der Waals surface area contributed by atoms with Gasteiger partial charge in [0.2, 0.25) is 0 Å². The Morgan fingerprint density at radius 3 is 2.59 bits per heavy atom. The first kappa shape index (κ1) is 11.4. The quantitative estimate of drug-likeness (QED) is 0.756. The van der Waals surface area contributed by atoms with E-state index in [1.54, 1.807) is 37.4 Å². The van der Waals surface area contributed by atoms with E-state index in [1.165, 1.54) is 0 Å². The van der Waals surface area contributed by atoms with E-state index in [0.29, 0.717) is 12.2 Å². The number of benzene rings is 1. The van der Waals surface area contributed by atoms with Crippen LogP contribution in [0.1, 0.15) is 23.1 Å². The summed E-state index contributed by atoms with van der Waals surface area (Å²) >= 11 is 0. The molecule has 0 saturated heterocycles. The van der Waals surface area contributed by atoms with Crippen molar-refractivity contribution in [2.75, 3.05) is 0 Å². The predicted octanol–water partition coefficient (Wildman–Crippen LogP) is 2.20. The minimum atomic E-state index is 0.0562. The molecule has 4 nitrogen and oxygen atoms in total. The monoisotopic (exact) mass is 230 g/mol. The molecule has 0 atom stereocenters. The SMILES string of the molecule is CC(=O)c1ccc(OCc2nccn2C)cc1. The van der Waals surface area contributed by atoms with Crippen LogP contribution in [0, 0.1) is 0 Å². The first-order valence-electron chi connectivity index (χ1n) is 5.37. The van der Waals surface area contributed by atoms with E-state index in [2.05, 4.69) is 4.98 Å². The molecule has 0 fully saturated rings. The van der Waals surface area contributed by atoms with Gasteiger partial charge < -0.3 is 9.30 Å². The molecule has 17 heavy (non-hydrogen) atoms. The Morgan fingerprint density at radius 1 is 1.35 bits per heavy atom. The van der Waals surface area contributed by atoms with Crippen molar-refractivity contribution in [2.45, 2.75) is 13.5 Å². The van der Waals surface area contributed by atoms with Crippen LogP contribution in [0.15, 0.2) is 36.7 Å². The number of carbonyl (C=O) groups excluding carboxylic acids is 1. The number of hydrogen-bond acceptors (Lipinski definition) is 3. The Labute approximate surface area is 99.9 Å². The summed E-state index contributed by atoms with van der Waals surface area (Å²) < 4.78 is 7.48. The lowest BCUT2D eigenvalue weighted by Crippen LogP contribution is -2.03. The zero-order valence-corrected chi connectivity index (χ0v) is 9.88. The normalized spacial score (nSPS) is 10.2. The summed E-state index contributed by atoms with van der Waals surface area (Å²) in [4.78, 5) is 15.3. The molecule has 0 N–H and O–H groups in total. The lowest BCUT2D eigenvalue weighted by molar-refractivity contribution is 0.101. The van der Waals surface area contributed by atoms with Gasteiger partial charge in [0.25, 0.3) is 0 Å². The molecule has 0 aliphatic rings. The third kappa shape index (κ3) is 2.72. The first-order valence-corrected chi connectivity index (χ1v) is 5.37. The molecule has 1 heterocycles. The molecule has 1 aromatic carbocycles. The van der Waals surface area contributed by atoms with Gasteiger partial charge in [0.15, 0.2) is 5.78 Å².